The first-order chi connectivity index (χ1) is 11.5. The molecule has 1 amide bonds. The van der Waals surface area contributed by atoms with Crippen molar-refractivity contribution in [2.24, 2.45) is 5.92 Å². The molecule has 24 heavy (non-hydrogen) atoms. The lowest BCUT2D eigenvalue weighted by molar-refractivity contribution is 0.0970. The first-order valence-electron chi connectivity index (χ1n) is 8.57. The summed E-state index contributed by atoms with van der Waals surface area (Å²) < 4.78 is 0. The summed E-state index contributed by atoms with van der Waals surface area (Å²) in [6, 6.07) is 20.2. The number of carbonyl (C=O) groups is 1. The molecule has 3 atom stereocenters. The van der Waals surface area contributed by atoms with Crippen molar-refractivity contribution in [3.05, 3.63) is 71.8 Å². The molecule has 3 nitrogen and oxygen atoms in total. The molecule has 0 fully saturated rings. The van der Waals surface area contributed by atoms with Crippen LogP contribution in [0.25, 0.3) is 0 Å². The molecule has 4 heteroatoms. The molecular weight excluding hydrogens is 297 g/mol. The highest BCUT2D eigenvalue weighted by molar-refractivity contribution is 6.57. The van der Waals surface area contributed by atoms with E-state index in [9.17, 15) is 9.90 Å². The number of rotatable bonds is 8. The third-order valence-electron chi connectivity index (χ3n) is 4.32. The third-order valence-corrected chi connectivity index (χ3v) is 4.32. The molecule has 0 saturated carbocycles. The van der Waals surface area contributed by atoms with Crippen LogP contribution >= 0.6 is 0 Å². The Kier molecular flexibility index (Phi) is 7.07. The van der Waals surface area contributed by atoms with Crippen molar-refractivity contribution in [1.82, 2.24) is 5.32 Å². The zero-order valence-corrected chi connectivity index (χ0v) is 14.5. The van der Waals surface area contributed by atoms with Crippen LogP contribution in [0.15, 0.2) is 60.7 Å². The van der Waals surface area contributed by atoms with Crippen LogP contribution in [-0.4, -0.2) is 30.9 Å². The Balaban J connectivity index is 1.95. The smallest absolute Gasteiger partial charge is 0.215 e. The van der Waals surface area contributed by atoms with Crippen LogP contribution in [0, 0.1) is 5.92 Å². The van der Waals surface area contributed by atoms with Crippen LogP contribution in [0.4, 0.5) is 4.79 Å². The molecule has 0 aliphatic carbocycles. The van der Waals surface area contributed by atoms with E-state index in [1.165, 1.54) is 19.0 Å². The van der Waals surface area contributed by atoms with E-state index in [0.29, 0.717) is 6.42 Å². The van der Waals surface area contributed by atoms with Crippen molar-refractivity contribution in [1.29, 1.82) is 0 Å². The summed E-state index contributed by atoms with van der Waals surface area (Å²) in [4.78, 5) is 11.5. The van der Waals surface area contributed by atoms with E-state index in [2.05, 4.69) is 36.5 Å². The Labute approximate surface area is 145 Å². The molecule has 126 valence electrons. The minimum atomic E-state index is -0.453. The quantitative estimate of drug-likeness (QED) is 0.734. The molecule has 0 aliphatic rings. The van der Waals surface area contributed by atoms with Crippen LogP contribution in [0.2, 0.25) is 0 Å². The topological polar surface area (TPSA) is 49.3 Å². The molecule has 0 spiro atoms. The molecule has 2 aromatic carbocycles. The van der Waals surface area contributed by atoms with Crippen molar-refractivity contribution >= 4 is 13.7 Å². The number of nitrogens with one attached hydrogen (secondary N) is 1. The van der Waals surface area contributed by atoms with E-state index < -0.39 is 6.10 Å². The van der Waals surface area contributed by atoms with Gasteiger partial charge in [0.1, 0.15) is 0 Å². The minimum absolute atomic E-state index is 0.0566. The summed E-state index contributed by atoms with van der Waals surface area (Å²) in [5, 5.41) is 13.6. The summed E-state index contributed by atoms with van der Waals surface area (Å²) in [5.41, 5.74) is 2.39. The second-order valence-electron chi connectivity index (χ2n) is 6.56. The number of hydrogen-bond donors (Lipinski definition) is 2. The summed E-state index contributed by atoms with van der Waals surface area (Å²) in [5.74, 6) is 0.0817. The van der Waals surface area contributed by atoms with Crippen LogP contribution in [0.3, 0.4) is 0 Å². The predicted octanol–water partition coefficient (Wildman–Crippen LogP) is 2.57. The molecule has 0 radical (unpaired) electrons. The van der Waals surface area contributed by atoms with E-state index in [0.717, 1.165) is 12.8 Å². The summed E-state index contributed by atoms with van der Waals surface area (Å²) in [6.45, 7) is 2.06. The van der Waals surface area contributed by atoms with E-state index >= 15 is 0 Å². The van der Waals surface area contributed by atoms with Gasteiger partial charge in [0, 0.05) is 6.04 Å². The van der Waals surface area contributed by atoms with Gasteiger partial charge in [0.05, 0.1) is 6.10 Å². The van der Waals surface area contributed by atoms with Crippen LogP contribution in [0.1, 0.15) is 24.5 Å². The van der Waals surface area contributed by atoms with Crippen LogP contribution in [0.5, 0.6) is 0 Å². The van der Waals surface area contributed by atoms with Crippen LogP contribution in [-0.2, 0) is 12.8 Å². The van der Waals surface area contributed by atoms with Gasteiger partial charge in [0.15, 0.2) is 5.81 Å². The number of aliphatic hydroxyl groups excluding tert-OH is 1. The second kappa shape index (κ2) is 9.28. The van der Waals surface area contributed by atoms with Crippen molar-refractivity contribution in [2.75, 3.05) is 0 Å². The van der Waals surface area contributed by atoms with Crippen molar-refractivity contribution < 1.29 is 9.90 Å². The normalized spacial score (nSPS) is 14.6. The molecule has 2 rings (SSSR count). The van der Waals surface area contributed by atoms with Gasteiger partial charge in [0.25, 0.3) is 0 Å². The number of hydrogen-bond acceptors (Lipinski definition) is 2. The van der Waals surface area contributed by atoms with E-state index in [-0.39, 0.29) is 17.8 Å². The monoisotopic (exact) mass is 323 g/mol. The lowest BCUT2D eigenvalue weighted by Gasteiger charge is -2.25. The minimum Gasteiger partial charge on any atom is -0.393 e. The Morgan fingerprint density at radius 1 is 1.00 bits per heavy atom. The maximum absolute atomic E-state index is 11.5. The summed E-state index contributed by atoms with van der Waals surface area (Å²) >= 11 is 0. The number of carbonyl (C=O) groups excluding carboxylic acids is 1. The van der Waals surface area contributed by atoms with Gasteiger partial charge in [-0.1, -0.05) is 67.6 Å². The number of amides is 1. The first-order valence-corrected chi connectivity index (χ1v) is 8.57. The summed E-state index contributed by atoms with van der Waals surface area (Å²) in [6.07, 6.45) is 1.67. The molecule has 0 unspecified atom stereocenters. The standard InChI is InChI=1S/C20H26BNO2/c1-15(12-16-8-4-2-5-9-16)19(23)14-18(22-20(21)24)13-17-10-6-3-7-11-17/h2-11,15,18-19,23H,12-14,21H2,1H3,(H,22,24)/t15-,18-,19-/m0/s1. The van der Waals surface area contributed by atoms with E-state index in [4.69, 9.17) is 0 Å². The van der Waals surface area contributed by atoms with Gasteiger partial charge in [0.2, 0.25) is 7.85 Å². The van der Waals surface area contributed by atoms with Gasteiger partial charge in [-0.15, -0.1) is 0 Å². The van der Waals surface area contributed by atoms with Gasteiger partial charge < -0.3 is 10.4 Å². The second-order valence-corrected chi connectivity index (χ2v) is 6.56. The fourth-order valence-corrected chi connectivity index (χ4v) is 3.03. The molecule has 0 heterocycles. The van der Waals surface area contributed by atoms with Crippen molar-refractivity contribution in [2.45, 2.75) is 38.3 Å². The van der Waals surface area contributed by atoms with Gasteiger partial charge in [-0.05, 0) is 36.3 Å². The zero-order chi connectivity index (χ0) is 17.4. The number of aliphatic hydroxyl groups is 1. The van der Waals surface area contributed by atoms with Gasteiger partial charge >= 0.3 is 0 Å². The third kappa shape index (κ3) is 6.21. The highest BCUT2D eigenvalue weighted by atomic mass is 16.3. The Morgan fingerprint density at radius 2 is 1.50 bits per heavy atom. The maximum atomic E-state index is 11.5. The van der Waals surface area contributed by atoms with Crippen molar-refractivity contribution in [3.8, 4) is 0 Å². The Morgan fingerprint density at radius 3 is 2.00 bits per heavy atom. The molecule has 0 bridgehead atoms. The molecule has 2 N–H and O–H groups in total. The van der Waals surface area contributed by atoms with Gasteiger partial charge in [-0.3, -0.25) is 4.79 Å². The fraction of sp³-hybridized carbons (Fsp3) is 0.350. The van der Waals surface area contributed by atoms with Gasteiger partial charge in [-0.25, -0.2) is 0 Å². The SMILES string of the molecule is BC(=O)N[C@@H](Cc1ccccc1)C[C@H](O)[C@@H](C)Cc1ccccc1. The Bertz CT molecular complexity index is 618. The van der Waals surface area contributed by atoms with Crippen molar-refractivity contribution in [3.63, 3.8) is 0 Å². The largest absolute Gasteiger partial charge is 0.393 e. The lowest BCUT2D eigenvalue weighted by Crippen LogP contribution is -2.39. The van der Waals surface area contributed by atoms with E-state index in [1.54, 1.807) is 0 Å². The molecule has 0 aromatic heterocycles. The first kappa shape index (κ1) is 18.3. The molecular formula is C20H26BNO2. The fourth-order valence-electron chi connectivity index (χ4n) is 3.03. The average molecular weight is 323 g/mol. The highest BCUT2D eigenvalue weighted by Gasteiger charge is 2.21. The zero-order valence-electron chi connectivity index (χ0n) is 14.5. The highest BCUT2D eigenvalue weighted by Crippen LogP contribution is 2.17. The summed E-state index contributed by atoms with van der Waals surface area (Å²) in [7, 11) is 1.53. The molecule has 0 aliphatic heterocycles. The van der Waals surface area contributed by atoms with Crippen LogP contribution < -0.4 is 5.32 Å². The predicted molar refractivity (Wildman–Crippen MR) is 101 cm³/mol. The molecule has 0 saturated heterocycles. The van der Waals surface area contributed by atoms with Gasteiger partial charge in [-0.2, -0.15) is 0 Å². The maximum Gasteiger partial charge on any atom is 0.215 e. The molecule has 2 aromatic rings. The Hall–Kier alpha value is -2.07. The van der Waals surface area contributed by atoms with E-state index in [1.807, 2.05) is 36.4 Å². The lowest BCUT2D eigenvalue weighted by atomic mass is 9.89. The number of benzene rings is 2. The average Bonchev–Trinajstić information content (AvgIpc) is 2.56.